The Morgan fingerprint density at radius 2 is 2.36 bits per heavy atom. The van der Waals surface area contributed by atoms with E-state index >= 15 is 0 Å². The van der Waals surface area contributed by atoms with Crippen LogP contribution in [0.15, 0.2) is 18.3 Å². The zero-order valence-electron chi connectivity index (χ0n) is 7.66. The molecule has 0 spiro atoms. The highest BCUT2D eigenvalue weighted by atomic mass is 19.1. The van der Waals surface area contributed by atoms with E-state index in [9.17, 15) is 9.18 Å². The van der Waals surface area contributed by atoms with Gasteiger partial charge in [-0.3, -0.25) is 4.79 Å². The number of nitrogens with zero attached hydrogens (tertiary/aromatic N) is 1. The molecule has 74 valence electrons. The van der Waals surface area contributed by atoms with Crippen LogP contribution in [0.4, 0.5) is 10.1 Å². The molecular formula is C10H11FN2O. The summed E-state index contributed by atoms with van der Waals surface area (Å²) in [4.78, 5) is 14.8. The molecule has 0 bridgehead atoms. The van der Waals surface area contributed by atoms with E-state index < -0.39 is 5.95 Å². The quantitative estimate of drug-likeness (QED) is 0.747. The van der Waals surface area contributed by atoms with Gasteiger partial charge in [-0.1, -0.05) is 0 Å². The molecule has 1 aliphatic rings. The second kappa shape index (κ2) is 3.74. The lowest BCUT2D eigenvalue weighted by Gasteiger charge is -2.02. The summed E-state index contributed by atoms with van der Waals surface area (Å²) in [6.07, 6.45) is 4.18. The first-order valence-electron chi connectivity index (χ1n) is 4.65. The molecule has 4 heteroatoms. The second-order valence-electron chi connectivity index (χ2n) is 3.57. The van der Waals surface area contributed by atoms with E-state index in [0.29, 0.717) is 18.0 Å². The molecule has 0 aliphatic heterocycles. The first-order chi connectivity index (χ1) is 6.74. The lowest BCUT2D eigenvalue weighted by atomic mass is 10.3. The molecule has 1 N–H and O–H groups in total. The number of carbonyl (C=O) groups is 1. The van der Waals surface area contributed by atoms with Gasteiger partial charge in [0.05, 0.1) is 11.9 Å². The number of hydrogen-bond acceptors (Lipinski definition) is 2. The van der Waals surface area contributed by atoms with Crippen molar-refractivity contribution in [3.8, 4) is 0 Å². The first-order valence-corrected chi connectivity index (χ1v) is 4.65. The van der Waals surface area contributed by atoms with Gasteiger partial charge in [-0.05, 0) is 30.9 Å². The van der Waals surface area contributed by atoms with E-state index in [1.54, 1.807) is 0 Å². The highest BCUT2D eigenvalue weighted by Crippen LogP contribution is 2.32. The van der Waals surface area contributed by atoms with Gasteiger partial charge >= 0.3 is 0 Å². The number of halogens is 1. The standard InChI is InChI=1S/C10H11FN2O/c11-9-4-3-8(6-12-9)13-10(14)5-7-1-2-7/h3-4,6-7H,1-2,5H2,(H,13,14). The summed E-state index contributed by atoms with van der Waals surface area (Å²) < 4.78 is 12.4. The van der Waals surface area contributed by atoms with E-state index in [1.165, 1.54) is 18.3 Å². The number of amides is 1. The summed E-state index contributed by atoms with van der Waals surface area (Å²) in [6, 6.07) is 2.74. The van der Waals surface area contributed by atoms with E-state index in [-0.39, 0.29) is 5.91 Å². The highest BCUT2D eigenvalue weighted by Gasteiger charge is 2.24. The Balaban J connectivity index is 1.89. The summed E-state index contributed by atoms with van der Waals surface area (Å²) in [5.74, 6) is 0.00880. The molecule has 0 aromatic carbocycles. The van der Waals surface area contributed by atoms with Gasteiger partial charge in [-0.2, -0.15) is 4.39 Å². The smallest absolute Gasteiger partial charge is 0.224 e. The Kier molecular flexibility index (Phi) is 2.43. The predicted molar refractivity (Wildman–Crippen MR) is 50.2 cm³/mol. The van der Waals surface area contributed by atoms with Gasteiger partial charge in [0.25, 0.3) is 0 Å². The third-order valence-electron chi connectivity index (χ3n) is 2.18. The maximum absolute atomic E-state index is 12.4. The van der Waals surface area contributed by atoms with Crippen molar-refractivity contribution in [1.82, 2.24) is 4.98 Å². The molecule has 1 heterocycles. The van der Waals surface area contributed by atoms with Crippen molar-refractivity contribution in [2.75, 3.05) is 5.32 Å². The third-order valence-corrected chi connectivity index (χ3v) is 2.18. The first kappa shape index (κ1) is 9.12. The van der Waals surface area contributed by atoms with Crippen molar-refractivity contribution < 1.29 is 9.18 Å². The van der Waals surface area contributed by atoms with Gasteiger partial charge < -0.3 is 5.32 Å². The fourth-order valence-electron chi connectivity index (χ4n) is 1.25. The average Bonchev–Trinajstić information content (AvgIpc) is 2.93. The van der Waals surface area contributed by atoms with Crippen LogP contribution in [0.2, 0.25) is 0 Å². The minimum Gasteiger partial charge on any atom is -0.325 e. The Morgan fingerprint density at radius 1 is 1.57 bits per heavy atom. The summed E-state index contributed by atoms with van der Waals surface area (Å²) in [5.41, 5.74) is 0.553. The van der Waals surface area contributed by atoms with Crippen molar-refractivity contribution in [2.45, 2.75) is 19.3 Å². The summed E-state index contributed by atoms with van der Waals surface area (Å²) in [7, 11) is 0. The van der Waals surface area contributed by atoms with Crippen molar-refractivity contribution in [3.05, 3.63) is 24.3 Å². The number of carbonyl (C=O) groups excluding carboxylic acids is 1. The number of pyridine rings is 1. The van der Waals surface area contributed by atoms with Crippen LogP contribution in [-0.2, 0) is 4.79 Å². The Labute approximate surface area is 81.3 Å². The molecule has 1 saturated carbocycles. The van der Waals surface area contributed by atoms with Crippen LogP contribution in [0.5, 0.6) is 0 Å². The lowest BCUT2D eigenvalue weighted by molar-refractivity contribution is -0.116. The molecule has 1 aromatic rings. The van der Waals surface area contributed by atoms with Crippen molar-refractivity contribution in [3.63, 3.8) is 0 Å². The van der Waals surface area contributed by atoms with Crippen LogP contribution >= 0.6 is 0 Å². The maximum Gasteiger partial charge on any atom is 0.224 e. The number of aromatic nitrogens is 1. The maximum atomic E-state index is 12.4. The van der Waals surface area contributed by atoms with Crippen molar-refractivity contribution >= 4 is 11.6 Å². The Bertz CT molecular complexity index is 332. The van der Waals surface area contributed by atoms with E-state index in [0.717, 1.165) is 12.8 Å². The largest absolute Gasteiger partial charge is 0.325 e. The van der Waals surface area contributed by atoms with Gasteiger partial charge in [0.15, 0.2) is 0 Å². The molecule has 1 fully saturated rings. The lowest BCUT2D eigenvalue weighted by Crippen LogP contribution is -2.12. The number of hydrogen-bond donors (Lipinski definition) is 1. The third kappa shape index (κ3) is 2.52. The van der Waals surface area contributed by atoms with Crippen LogP contribution < -0.4 is 5.32 Å². The van der Waals surface area contributed by atoms with E-state index in [4.69, 9.17) is 0 Å². The molecule has 3 nitrogen and oxygen atoms in total. The van der Waals surface area contributed by atoms with Crippen molar-refractivity contribution in [2.24, 2.45) is 5.92 Å². The molecule has 0 unspecified atom stereocenters. The molecule has 14 heavy (non-hydrogen) atoms. The minimum atomic E-state index is -0.537. The summed E-state index contributed by atoms with van der Waals surface area (Å²) in [6.45, 7) is 0. The predicted octanol–water partition coefficient (Wildman–Crippen LogP) is 1.96. The highest BCUT2D eigenvalue weighted by molar-refractivity contribution is 5.90. The van der Waals surface area contributed by atoms with Gasteiger partial charge in [-0.15, -0.1) is 0 Å². The fraction of sp³-hybridized carbons (Fsp3) is 0.400. The summed E-state index contributed by atoms with van der Waals surface area (Å²) >= 11 is 0. The average molecular weight is 194 g/mol. The Morgan fingerprint density at radius 3 is 2.93 bits per heavy atom. The van der Waals surface area contributed by atoms with Gasteiger partial charge in [0, 0.05) is 6.42 Å². The van der Waals surface area contributed by atoms with Gasteiger partial charge in [0.1, 0.15) is 0 Å². The van der Waals surface area contributed by atoms with Crippen LogP contribution in [0.3, 0.4) is 0 Å². The molecule has 2 rings (SSSR count). The monoisotopic (exact) mass is 194 g/mol. The fourth-order valence-corrected chi connectivity index (χ4v) is 1.25. The van der Waals surface area contributed by atoms with E-state index in [1.807, 2.05) is 0 Å². The Hall–Kier alpha value is -1.45. The molecule has 1 aliphatic carbocycles. The van der Waals surface area contributed by atoms with Crippen LogP contribution in [0.1, 0.15) is 19.3 Å². The zero-order chi connectivity index (χ0) is 9.97. The second-order valence-corrected chi connectivity index (χ2v) is 3.57. The van der Waals surface area contributed by atoms with Crippen LogP contribution in [-0.4, -0.2) is 10.9 Å². The van der Waals surface area contributed by atoms with Crippen LogP contribution in [0.25, 0.3) is 0 Å². The summed E-state index contributed by atoms with van der Waals surface area (Å²) in [5, 5.41) is 2.67. The number of nitrogens with one attached hydrogen (secondary N) is 1. The molecule has 0 atom stereocenters. The molecular weight excluding hydrogens is 183 g/mol. The topological polar surface area (TPSA) is 42.0 Å². The molecule has 0 radical (unpaired) electrons. The zero-order valence-corrected chi connectivity index (χ0v) is 7.66. The van der Waals surface area contributed by atoms with Gasteiger partial charge in [0.2, 0.25) is 11.9 Å². The number of rotatable bonds is 3. The molecule has 1 aromatic heterocycles. The van der Waals surface area contributed by atoms with Gasteiger partial charge in [-0.25, -0.2) is 4.98 Å². The molecule has 0 saturated heterocycles. The SMILES string of the molecule is O=C(CC1CC1)Nc1ccc(F)nc1. The normalized spacial score (nSPS) is 15.2. The number of anilines is 1. The van der Waals surface area contributed by atoms with E-state index in [2.05, 4.69) is 10.3 Å². The van der Waals surface area contributed by atoms with Crippen molar-refractivity contribution in [1.29, 1.82) is 0 Å². The van der Waals surface area contributed by atoms with Crippen LogP contribution in [0, 0.1) is 11.9 Å². The minimum absolute atomic E-state index is 0.0130. The molecule has 1 amide bonds.